The van der Waals surface area contributed by atoms with Crippen LogP contribution in [-0.2, 0) is 4.74 Å². The third-order valence-corrected chi connectivity index (χ3v) is 4.26. The Balaban J connectivity index is 1.39. The van der Waals surface area contributed by atoms with E-state index in [4.69, 9.17) is 9.47 Å². The predicted octanol–water partition coefficient (Wildman–Crippen LogP) is 3.37. The fourth-order valence-electron chi connectivity index (χ4n) is 2.93. The molecule has 1 aliphatic heterocycles. The second-order valence-electron chi connectivity index (χ2n) is 6.04. The van der Waals surface area contributed by atoms with Crippen molar-refractivity contribution in [2.24, 2.45) is 0 Å². The van der Waals surface area contributed by atoms with Crippen molar-refractivity contribution in [2.45, 2.75) is 18.9 Å². The van der Waals surface area contributed by atoms with Crippen molar-refractivity contribution in [2.75, 3.05) is 18.5 Å². The number of anilines is 1. The standard InChI is InChI=1S/C19H19N3O3/c23-19(18-16-5-1-2-6-17(16)21-22-18)20-13-7-9-14(10-8-13)25-12-15-4-3-11-24-15/h1-2,5-10,15H,3-4,11-12H2,(H,20,23)(H,21,22). The monoisotopic (exact) mass is 337 g/mol. The largest absolute Gasteiger partial charge is 0.491 e. The Morgan fingerprint density at radius 1 is 1.24 bits per heavy atom. The van der Waals surface area contributed by atoms with E-state index in [1.54, 1.807) is 0 Å². The minimum absolute atomic E-state index is 0.187. The van der Waals surface area contributed by atoms with Gasteiger partial charge in [0.2, 0.25) is 0 Å². The number of carbonyl (C=O) groups is 1. The van der Waals surface area contributed by atoms with Crippen LogP contribution >= 0.6 is 0 Å². The van der Waals surface area contributed by atoms with Crippen molar-refractivity contribution in [3.8, 4) is 5.75 Å². The topological polar surface area (TPSA) is 76.2 Å². The number of nitrogens with zero attached hydrogens (tertiary/aromatic N) is 1. The molecule has 0 aliphatic carbocycles. The number of hydrogen-bond donors (Lipinski definition) is 2. The van der Waals surface area contributed by atoms with Crippen molar-refractivity contribution >= 4 is 22.5 Å². The molecule has 2 N–H and O–H groups in total. The number of aromatic amines is 1. The molecule has 1 unspecified atom stereocenters. The molecule has 0 radical (unpaired) electrons. The zero-order valence-corrected chi connectivity index (χ0v) is 13.7. The van der Waals surface area contributed by atoms with Crippen molar-refractivity contribution < 1.29 is 14.3 Å². The number of benzene rings is 2. The average molecular weight is 337 g/mol. The summed E-state index contributed by atoms with van der Waals surface area (Å²) in [6.07, 6.45) is 2.33. The summed E-state index contributed by atoms with van der Waals surface area (Å²) in [4.78, 5) is 12.4. The molecule has 1 aliphatic rings. The van der Waals surface area contributed by atoms with Crippen molar-refractivity contribution in [1.82, 2.24) is 10.2 Å². The molecule has 128 valence electrons. The second-order valence-corrected chi connectivity index (χ2v) is 6.04. The third-order valence-electron chi connectivity index (χ3n) is 4.26. The van der Waals surface area contributed by atoms with E-state index in [0.29, 0.717) is 18.0 Å². The molecule has 2 aromatic carbocycles. The molecule has 6 nitrogen and oxygen atoms in total. The first-order valence-corrected chi connectivity index (χ1v) is 8.38. The van der Waals surface area contributed by atoms with Crippen LogP contribution < -0.4 is 10.1 Å². The van der Waals surface area contributed by atoms with Gasteiger partial charge in [-0.25, -0.2) is 0 Å². The fourth-order valence-corrected chi connectivity index (χ4v) is 2.93. The molecule has 25 heavy (non-hydrogen) atoms. The van der Waals surface area contributed by atoms with Gasteiger partial charge in [-0.2, -0.15) is 5.10 Å². The lowest BCUT2D eigenvalue weighted by molar-refractivity contribution is 0.0679. The van der Waals surface area contributed by atoms with Crippen molar-refractivity contribution in [1.29, 1.82) is 0 Å². The number of carbonyl (C=O) groups excluding carboxylic acids is 1. The Morgan fingerprint density at radius 2 is 2.08 bits per heavy atom. The van der Waals surface area contributed by atoms with E-state index in [1.165, 1.54) is 0 Å². The first-order chi connectivity index (χ1) is 12.3. The minimum atomic E-state index is -0.245. The number of H-pyrrole nitrogens is 1. The zero-order chi connectivity index (χ0) is 17.1. The fraction of sp³-hybridized carbons (Fsp3) is 0.263. The van der Waals surface area contributed by atoms with Gasteiger partial charge in [0, 0.05) is 17.7 Å². The van der Waals surface area contributed by atoms with Crippen LogP contribution in [0.2, 0.25) is 0 Å². The Hall–Kier alpha value is -2.86. The summed E-state index contributed by atoms with van der Waals surface area (Å²) in [5.74, 6) is 0.518. The van der Waals surface area contributed by atoms with Gasteiger partial charge in [-0.05, 0) is 43.2 Å². The third kappa shape index (κ3) is 3.49. The van der Waals surface area contributed by atoms with Gasteiger partial charge in [0.05, 0.1) is 11.6 Å². The van der Waals surface area contributed by atoms with E-state index in [1.807, 2.05) is 48.5 Å². The number of nitrogens with one attached hydrogen (secondary N) is 2. The summed E-state index contributed by atoms with van der Waals surface area (Å²) < 4.78 is 11.3. The molecule has 0 bridgehead atoms. The Labute approximate surface area is 145 Å². The Morgan fingerprint density at radius 3 is 2.88 bits per heavy atom. The van der Waals surface area contributed by atoms with Crippen LogP contribution in [0.15, 0.2) is 48.5 Å². The van der Waals surface area contributed by atoms with Crippen LogP contribution in [-0.4, -0.2) is 35.4 Å². The van der Waals surface area contributed by atoms with E-state index in [0.717, 1.165) is 36.1 Å². The lowest BCUT2D eigenvalue weighted by Crippen LogP contribution is -2.16. The molecule has 1 amide bonds. The molecular weight excluding hydrogens is 318 g/mol. The highest BCUT2D eigenvalue weighted by atomic mass is 16.5. The molecule has 0 saturated carbocycles. The predicted molar refractivity (Wildman–Crippen MR) is 95.0 cm³/mol. The van der Waals surface area contributed by atoms with E-state index in [2.05, 4.69) is 15.5 Å². The molecule has 2 heterocycles. The van der Waals surface area contributed by atoms with Gasteiger partial charge in [-0.3, -0.25) is 9.89 Å². The van der Waals surface area contributed by atoms with E-state index in [9.17, 15) is 4.79 Å². The molecule has 3 aromatic rings. The van der Waals surface area contributed by atoms with E-state index in [-0.39, 0.29) is 12.0 Å². The van der Waals surface area contributed by atoms with Gasteiger partial charge in [0.15, 0.2) is 5.69 Å². The van der Waals surface area contributed by atoms with Crippen LogP contribution in [0, 0.1) is 0 Å². The molecule has 0 spiro atoms. The molecule has 1 atom stereocenters. The first kappa shape index (κ1) is 15.7. The van der Waals surface area contributed by atoms with Crippen molar-refractivity contribution in [3.05, 3.63) is 54.2 Å². The number of rotatable bonds is 5. The quantitative estimate of drug-likeness (QED) is 0.748. The lowest BCUT2D eigenvalue weighted by Gasteiger charge is -2.12. The average Bonchev–Trinajstić information content (AvgIpc) is 3.31. The van der Waals surface area contributed by atoms with Crippen LogP contribution in [0.3, 0.4) is 0 Å². The van der Waals surface area contributed by atoms with Gasteiger partial charge in [0.1, 0.15) is 12.4 Å². The molecule has 1 saturated heterocycles. The number of hydrogen-bond acceptors (Lipinski definition) is 4. The van der Waals surface area contributed by atoms with Crippen LogP contribution in [0.25, 0.3) is 10.9 Å². The van der Waals surface area contributed by atoms with Gasteiger partial charge in [-0.15, -0.1) is 0 Å². The normalized spacial score (nSPS) is 16.9. The van der Waals surface area contributed by atoms with Crippen LogP contribution in [0.4, 0.5) is 5.69 Å². The van der Waals surface area contributed by atoms with E-state index < -0.39 is 0 Å². The summed E-state index contributed by atoms with van der Waals surface area (Å²) in [5, 5.41) is 10.6. The first-order valence-electron chi connectivity index (χ1n) is 8.38. The SMILES string of the molecule is O=C(Nc1ccc(OCC2CCCO2)cc1)c1n[nH]c2ccccc12. The summed E-state index contributed by atoms with van der Waals surface area (Å²) in [6, 6.07) is 14.9. The number of para-hydroxylation sites is 1. The smallest absolute Gasteiger partial charge is 0.276 e. The van der Waals surface area contributed by atoms with Gasteiger partial charge >= 0.3 is 0 Å². The number of amides is 1. The Kier molecular flexibility index (Phi) is 4.35. The highest BCUT2D eigenvalue weighted by molar-refractivity contribution is 6.11. The van der Waals surface area contributed by atoms with Crippen LogP contribution in [0.5, 0.6) is 5.75 Å². The number of aromatic nitrogens is 2. The maximum atomic E-state index is 12.4. The van der Waals surface area contributed by atoms with Crippen LogP contribution in [0.1, 0.15) is 23.3 Å². The summed E-state index contributed by atoms with van der Waals surface area (Å²) in [7, 11) is 0. The number of fused-ring (bicyclic) bond motifs is 1. The molecule has 1 fully saturated rings. The highest BCUT2D eigenvalue weighted by Gasteiger charge is 2.16. The van der Waals surface area contributed by atoms with Crippen molar-refractivity contribution in [3.63, 3.8) is 0 Å². The maximum absolute atomic E-state index is 12.4. The van der Waals surface area contributed by atoms with Gasteiger partial charge in [-0.1, -0.05) is 18.2 Å². The summed E-state index contributed by atoms with van der Waals surface area (Å²) >= 11 is 0. The van der Waals surface area contributed by atoms with Gasteiger partial charge in [0.25, 0.3) is 5.91 Å². The molecule has 4 rings (SSSR count). The maximum Gasteiger partial charge on any atom is 0.276 e. The second kappa shape index (κ2) is 6.94. The summed E-state index contributed by atoms with van der Waals surface area (Å²) in [6.45, 7) is 1.38. The Bertz CT molecular complexity index is 867. The summed E-state index contributed by atoms with van der Waals surface area (Å²) in [5.41, 5.74) is 1.92. The highest BCUT2D eigenvalue weighted by Crippen LogP contribution is 2.20. The van der Waals surface area contributed by atoms with E-state index >= 15 is 0 Å². The lowest BCUT2D eigenvalue weighted by atomic mass is 10.2. The molecule has 6 heteroatoms. The molecular formula is C19H19N3O3. The molecule has 1 aromatic heterocycles. The number of ether oxygens (including phenoxy) is 2. The van der Waals surface area contributed by atoms with Gasteiger partial charge < -0.3 is 14.8 Å². The zero-order valence-electron chi connectivity index (χ0n) is 13.7. The minimum Gasteiger partial charge on any atom is -0.491 e.